The summed E-state index contributed by atoms with van der Waals surface area (Å²) in [7, 11) is 2.06. The smallest absolute Gasteiger partial charge is 0.123 e. The third-order valence-corrected chi connectivity index (χ3v) is 5.27. The Morgan fingerprint density at radius 2 is 2.20 bits per heavy atom. The van der Waals surface area contributed by atoms with Gasteiger partial charge in [0.1, 0.15) is 5.82 Å². The van der Waals surface area contributed by atoms with Gasteiger partial charge in [0.25, 0.3) is 0 Å². The lowest BCUT2D eigenvalue weighted by Gasteiger charge is -2.35. The number of fused-ring (bicyclic) bond motifs is 1. The summed E-state index contributed by atoms with van der Waals surface area (Å²) < 4.78 is 7.91. The van der Waals surface area contributed by atoms with Crippen LogP contribution in [-0.4, -0.2) is 44.4 Å². The van der Waals surface area contributed by atoms with Gasteiger partial charge in [-0.05, 0) is 32.0 Å². The number of imidazole rings is 1. The van der Waals surface area contributed by atoms with Crippen molar-refractivity contribution in [2.24, 2.45) is 7.05 Å². The maximum absolute atomic E-state index is 6.11. The highest BCUT2D eigenvalue weighted by atomic mass is 35.5. The van der Waals surface area contributed by atoms with E-state index in [2.05, 4.69) is 33.6 Å². The van der Waals surface area contributed by atoms with Gasteiger partial charge in [-0.3, -0.25) is 10.00 Å². The van der Waals surface area contributed by atoms with Crippen molar-refractivity contribution in [3.63, 3.8) is 0 Å². The van der Waals surface area contributed by atoms with Crippen molar-refractivity contribution >= 4 is 22.6 Å². The zero-order chi connectivity index (χ0) is 17.6. The molecule has 6 nitrogen and oxygen atoms in total. The number of nitrogens with zero attached hydrogens (tertiary/aromatic N) is 4. The molecule has 7 heteroatoms. The van der Waals surface area contributed by atoms with Crippen molar-refractivity contribution in [2.75, 3.05) is 19.8 Å². The van der Waals surface area contributed by atoms with Crippen LogP contribution in [0.15, 0.2) is 18.2 Å². The van der Waals surface area contributed by atoms with Crippen LogP contribution in [0.25, 0.3) is 11.0 Å². The molecule has 4 rings (SSSR count). The minimum absolute atomic E-state index is 0.191. The maximum atomic E-state index is 6.11. The summed E-state index contributed by atoms with van der Waals surface area (Å²) in [4.78, 5) is 7.23. The summed E-state index contributed by atoms with van der Waals surface area (Å²) in [6.45, 7) is 7.17. The minimum Gasteiger partial charge on any atom is -0.378 e. The van der Waals surface area contributed by atoms with Crippen molar-refractivity contribution in [1.29, 1.82) is 0 Å². The van der Waals surface area contributed by atoms with Crippen LogP contribution in [0, 0.1) is 13.8 Å². The molecule has 0 aliphatic carbocycles. The van der Waals surface area contributed by atoms with E-state index in [-0.39, 0.29) is 6.04 Å². The molecule has 0 saturated carbocycles. The van der Waals surface area contributed by atoms with E-state index in [0.717, 1.165) is 47.9 Å². The normalized spacial score (nSPS) is 19.0. The Morgan fingerprint density at radius 3 is 2.96 bits per heavy atom. The molecular weight excluding hydrogens is 338 g/mol. The fourth-order valence-electron chi connectivity index (χ4n) is 3.69. The molecule has 0 radical (unpaired) electrons. The van der Waals surface area contributed by atoms with Crippen LogP contribution in [0.4, 0.5) is 0 Å². The van der Waals surface area contributed by atoms with E-state index in [1.807, 2.05) is 25.1 Å². The number of hydrogen-bond donors (Lipinski definition) is 1. The molecule has 1 aliphatic heterocycles. The van der Waals surface area contributed by atoms with Gasteiger partial charge in [0.15, 0.2) is 0 Å². The van der Waals surface area contributed by atoms with Gasteiger partial charge in [0, 0.05) is 29.9 Å². The summed E-state index contributed by atoms with van der Waals surface area (Å²) in [6, 6.07) is 6.04. The van der Waals surface area contributed by atoms with E-state index in [4.69, 9.17) is 21.3 Å². The summed E-state index contributed by atoms with van der Waals surface area (Å²) in [5.74, 6) is 1.03. The molecule has 1 saturated heterocycles. The first kappa shape index (κ1) is 16.6. The van der Waals surface area contributed by atoms with Crippen molar-refractivity contribution in [2.45, 2.75) is 26.4 Å². The average Bonchev–Trinajstić information content (AvgIpc) is 3.08. The van der Waals surface area contributed by atoms with Crippen LogP contribution in [0.5, 0.6) is 0 Å². The summed E-state index contributed by atoms with van der Waals surface area (Å²) >= 11 is 6.11. The molecule has 1 fully saturated rings. The Balaban J connectivity index is 1.67. The molecule has 1 N–H and O–H groups in total. The van der Waals surface area contributed by atoms with Crippen LogP contribution < -0.4 is 0 Å². The molecule has 0 bridgehead atoms. The Kier molecular flexibility index (Phi) is 4.27. The van der Waals surface area contributed by atoms with Crippen molar-refractivity contribution < 1.29 is 4.74 Å². The second kappa shape index (κ2) is 6.44. The maximum Gasteiger partial charge on any atom is 0.123 e. The topological polar surface area (TPSA) is 59.0 Å². The van der Waals surface area contributed by atoms with E-state index >= 15 is 0 Å². The number of hydrogen-bond acceptors (Lipinski definition) is 4. The number of rotatable bonds is 3. The second-order valence-corrected chi connectivity index (χ2v) is 7.07. The van der Waals surface area contributed by atoms with Crippen LogP contribution >= 0.6 is 11.6 Å². The fourth-order valence-corrected chi connectivity index (χ4v) is 3.86. The lowest BCUT2D eigenvalue weighted by atomic mass is 10.0. The molecule has 2 aromatic heterocycles. The van der Waals surface area contributed by atoms with E-state index in [9.17, 15) is 0 Å². The van der Waals surface area contributed by atoms with E-state index in [1.165, 1.54) is 5.56 Å². The molecular formula is C18H22ClN5O. The Bertz CT molecular complexity index is 896. The van der Waals surface area contributed by atoms with Crippen LogP contribution in [-0.2, 0) is 18.3 Å². The number of nitrogens with one attached hydrogen (secondary N) is 1. The van der Waals surface area contributed by atoms with E-state index in [0.29, 0.717) is 11.6 Å². The van der Waals surface area contributed by atoms with Crippen LogP contribution in [0.2, 0.25) is 5.02 Å². The van der Waals surface area contributed by atoms with E-state index in [1.54, 1.807) is 0 Å². The minimum atomic E-state index is 0.191. The standard InChI is InChI=1S/C18H22ClN5O/c1-11-18(12(2)22-21-11)16-10-25-7-6-24(16)9-17-20-14-8-13(19)4-5-15(14)23(17)3/h4-5,8,16H,6-7,9-10H2,1-3H3,(H,21,22). The quantitative estimate of drug-likeness (QED) is 0.780. The van der Waals surface area contributed by atoms with Crippen molar-refractivity contribution in [1.82, 2.24) is 24.6 Å². The first-order valence-corrected chi connectivity index (χ1v) is 8.86. The zero-order valence-corrected chi connectivity index (χ0v) is 15.5. The zero-order valence-electron chi connectivity index (χ0n) is 14.7. The number of H-pyrrole nitrogens is 1. The highest BCUT2D eigenvalue weighted by Crippen LogP contribution is 2.30. The average molecular weight is 360 g/mol. The van der Waals surface area contributed by atoms with Crippen molar-refractivity contribution in [3.05, 3.63) is 46.0 Å². The highest BCUT2D eigenvalue weighted by molar-refractivity contribution is 6.31. The Hall–Kier alpha value is -1.89. The van der Waals surface area contributed by atoms with Crippen LogP contribution in [0.3, 0.4) is 0 Å². The number of morpholine rings is 1. The van der Waals surface area contributed by atoms with Gasteiger partial charge >= 0.3 is 0 Å². The van der Waals surface area contributed by atoms with E-state index < -0.39 is 0 Å². The molecule has 25 heavy (non-hydrogen) atoms. The molecule has 0 amide bonds. The summed E-state index contributed by atoms with van der Waals surface area (Å²) in [6.07, 6.45) is 0. The third-order valence-electron chi connectivity index (χ3n) is 5.04. The number of benzene rings is 1. The number of halogens is 1. The molecule has 3 heterocycles. The predicted octanol–water partition coefficient (Wildman–Crippen LogP) is 3.14. The molecule has 1 atom stereocenters. The van der Waals surface area contributed by atoms with Gasteiger partial charge in [-0.1, -0.05) is 11.6 Å². The number of aryl methyl sites for hydroxylation is 3. The molecule has 1 aliphatic rings. The number of aromatic nitrogens is 4. The number of aromatic amines is 1. The lowest BCUT2D eigenvalue weighted by molar-refractivity contribution is -0.0145. The molecule has 1 aromatic carbocycles. The largest absolute Gasteiger partial charge is 0.378 e. The van der Waals surface area contributed by atoms with Gasteiger partial charge in [0.05, 0.1) is 42.5 Å². The third kappa shape index (κ3) is 2.94. The highest BCUT2D eigenvalue weighted by Gasteiger charge is 2.29. The van der Waals surface area contributed by atoms with Crippen molar-refractivity contribution in [3.8, 4) is 0 Å². The molecule has 132 valence electrons. The monoisotopic (exact) mass is 359 g/mol. The Morgan fingerprint density at radius 1 is 1.36 bits per heavy atom. The summed E-state index contributed by atoms with van der Waals surface area (Å²) in [5.41, 5.74) is 5.41. The van der Waals surface area contributed by atoms with Gasteiger partial charge < -0.3 is 9.30 Å². The SMILES string of the molecule is Cc1n[nH]c(C)c1C1COCCN1Cc1nc2cc(Cl)ccc2n1C. The lowest BCUT2D eigenvalue weighted by Crippen LogP contribution is -2.40. The summed E-state index contributed by atoms with van der Waals surface area (Å²) in [5, 5.41) is 8.16. The Labute approximate surface area is 151 Å². The fraction of sp³-hybridized carbons (Fsp3) is 0.444. The first-order valence-electron chi connectivity index (χ1n) is 8.48. The predicted molar refractivity (Wildman–Crippen MR) is 97.8 cm³/mol. The second-order valence-electron chi connectivity index (χ2n) is 6.63. The number of ether oxygens (including phenoxy) is 1. The molecule has 3 aromatic rings. The molecule has 1 unspecified atom stereocenters. The van der Waals surface area contributed by atoms with Gasteiger partial charge in [0.2, 0.25) is 0 Å². The van der Waals surface area contributed by atoms with Gasteiger partial charge in [-0.15, -0.1) is 0 Å². The van der Waals surface area contributed by atoms with Crippen LogP contribution in [0.1, 0.15) is 28.8 Å². The first-order chi connectivity index (χ1) is 12.0. The van der Waals surface area contributed by atoms with Gasteiger partial charge in [-0.2, -0.15) is 5.10 Å². The molecule has 0 spiro atoms. The van der Waals surface area contributed by atoms with Gasteiger partial charge in [-0.25, -0.2) is 4.98 Å².